The van der Waals surface area contributed by atoms with Crippen LogP contribution in [0.1, 0.15) is 94.1 Å². The molecule has 4 aliphatic rings. The number of amides is 1. The second-order valence-electron chi connectivity index (χ2n) is 17.5. The molecule has 3 fully saturated rings. The number of aliphatic hydroxyl groups is 3. The molecule has 11 atom stereocenters. The van der Waals surface area contributed by atoms with Crippen LogP contribution in [0.3, 0.4) is 0 Å². The van der Waals surface area contributed by atoms with Crippen molar-refractivity contribution >= 4 is 47.2 Å². The van der Waals surface area contributed by atoms with Crippen molar-refractivity contribution in [2.24, 2.45) is 16.7 Å². The van der Waals surface area contributed by atoms with Crippen molar-refractivity contribution in [2.45, 2.75) is 116 Å². The first-order valence-electron chi connectivity index (χ1n) is 20.6. The molecule has 1 aliphatic heterocycles. The van der Waals surface area contributed by atoms with Crippen LogP contribution in [0.5, 0.6) is 0 Å². The minimum atomic E-state index is -2.40. The average molecular weight is 904 g/mol. The van der Waals surface area contributed by atoms with E-state index in [-0.39, 0.29) is 42.7 Å². The molecule has 16 heteroatoms. The number of ketones is 1. The summed E-state index contributed by atoms with van der Waals surface area (Å²) < 4.78 is 30.3. The molecule has 3 aromatic carbocycles. The number of carbonyl (C=O) groups is 6. The number of fused-ring (bicyclic) bond motifs is 5. The van der Waals surface area contributed by atoms with Gasteiger partial charge in [0.1, 0.15) is 23.9 Å². The molecule has 3 aromatic rings. The largest absolute Gasteiger partial charge is 0.456 e. The third-order valence-corrected chi connectivity index (χ3v) is 13.8. The highest BCUT2D eigenvalue weighted by Gasteiger charge is 2.78. The van der Waals surface area contributed by atoms with Crippen molar-refractivity contribution < 1.29 is 67.8 Å². The lowest BCUT2D eigenvalue weighted by molar-refractivity contribution is -0.346. The minimum Gasteiger partial charge on any atom is -0.456 e. The van der Waals surface area contributed by atoms with Crippen LogP contribution in [-0.2, 0) is 42.9 Å². The van der Waals surface area contributed by atoms with Crippen molar-refractivity contribution in [2.75, 3.05) is 6.61 Å². The van der Waals surface area contributed by atoms with E-state index in [0.29, 0.717) is 10.6 Å². The molecule has 15 nitrogen and oxygen atoms in total. The minimum absolute atomic E-state index is 0. The van der Waals surface area contributed by atoms with Gasteiger partial charge in [-0.15, -0.1) is 0 Å². The zero-order valence-corrected chi connectivity index (χ0v) is 36.3. The number of carbonyl (C=O) groups excluding carboxylic acids is 6. The van der Waals surface area contributed by atoms with Crippen LogP contribution in [0.4, 0.5) is 0 Å². The second-order valence-corrected chi connectivity index (χ2v) is 17.9. The van der Waals surface area contributed by atoms with E-state index in [0.717, 1.165) is 13.8 Å². The number of hydrogen-bond acceptors (Lipinski definition) is 14. The first-order chi connectivity index (χ1) is 29.7. The van der Waals surface area contributed by atoms with Crippen molar-refractivity contribution in [1.29, 1.82) is 0 Å². The topological polar surface area (TPSA) is 221 Å². The van der Waals surface area contributed by atoms with Crippen LogP contribution < -0.4 is 5.32 Å². The van der Waals surface area contributed by atoms with Gasteiger partial charge in [0.25, 0.3) is 5.91 Å². The fraction of sp³-hybridized carbons (Fsp3) is 0.458. The molecule has 0 spiro atoms. The molecular weight excluding hydrogens is 850 g/mol. The maximum atomic E-state index is 15.5. The number of nitrogens with one attached hydrogen (secondary N) is 1. The van der Waals surface area contributed by atoms with Gasteiger partial charge in [-0.05, 0) is 67.0 Å². The molecule has 0 aromatic heterocycles. The summed E-state index contributed by atoms with van der Waals surface area (Å²) in [6.45, 7) is 7.93. The number of benzene rings is 3. The van der Waals surface area contributed by atoms with E-state index in [1.807, 2.05) is 0 Å². The number of ether oxygens (including phenoxy) is 5. The monoisotopic (exact) mass is 903 g/mol. The molecule has 342 valence electrons. The standard InChI is InChI=1S/C47H50ClNO14.CH4/c1-24-31(61-43(57)36(53)35(27-13-9-7-10-14-27)49-41(55)28-17-19-30(48)20-18-28)22-47(58)40(62-42(56)29-15-11-8-12-16-29)38-45(6,32(52)21-33-46(38,23-59-33)63-26(3)51)39(54)37(60-25(2)50)34(24)44(47,4)5;/h7-20,31-33,35-38,40,52-53,58H,21-23H2,1-6H3,(H,49,55);1H4/t31-,32-,33+,35-,36+,37+,38-,40-,45+,46-,47+;/m0./s1. The molecule has 3 aliphatic carbocycles. The Morgan fingerprint density at radius 1 is 0.859 bits per heavy atom. The van der Waals surface area contributed by atoms with Crippen LogP contribution >= 0.6 is 11.6 Å². The Kier molecular flexibility index (Phi) is 13.4. The Morgan fingerprint density at radius 2 is 1.47 bits per heavy atom. The molecule has 0 radical (unpaired) electrons. The third kappa shape index (κ3) is 8.02. The van der Waals surface area contributed by atoms with E-state index >= 15 is 4.79 Å². The predicted octanol–water partition coefficient (Wildman–Crippen LogP) is 5.03. The van der Waals surface area contributed by atoms with Crippen molar-refractivity contribution in [3.8, 4) is 0 Å². The Balaban J connectivity index is 0.00000680. The van der Waals surface area contributed by atoms with E-state index in [4.69, 9.17) is 35.3 Å². The van der Waals surface area contributed by atoms with Crippen LogP contribution in [0.2, 0.25) is 5.02 Å². The summed E-state index contributed by atoms with van der Waals surface area (Å²) in [5, 5.41) is 40.6. The Bertz CT molecular complexity index is 2340. The number of hydrogen-bond donors (Lipinski definition) is 4. The molecule has 2 bridgehead atoms. The van der Waals surface area contributed by atoms with Gasteiger partial charge in [0.2, 0.25) is 0 Å². The van der Waals surface area contributed by atoms with Gasteiger partial charge in [-0.1, -0.05) is 81.4 Å². The van der Waals surface area contributed by atoms with Crippen molar-refractivity contribution in [3.63, 3.8) is 0 Å². The highest BCUT2D eigenvalue weighted by Crippen LogP contribution is 2.64. The molecule has 0 unspecified atom stereocenters. The number of rotatable bonds is 10. The molecule has 1 amide bonds. The van der Waals surface area contributed by atoms with Crippen LogP contribution in [-0.4, -0.2) is 105 Å². The van der Waals surface area contributed by atoms with E-state index in [1.165, 1.54) is 50.2 Å². The second kappa shape index (κ2) is 17.8. The van der Waals surface area contributed by atoms with Crippen LogP contribution in [0.15, 0.2) is 96.1 Å². The van der Waals surface area contributed by atoms with Crippen LogP contribution in [0, 0.1) is 16.7 Å². The van der Waals surface area contributed by atoms with E-state index < -0.39 is 113 Å². The molecule has 2 saturated carbocycles. The summed E-state index contributed by atoms with van der Waals surface area (Å²) in [5.74, 6) is -6.95. The highest BCUT2D eigenvalue weighted by atomic mass is 35.5. The average Bonchev–Trinajstić information content (AvgIpc) is 3.24. The zero-order chi connectivity index (χ0) is 45.8. The SMILES string of the molecule is C.CC(=O)O[C@H]1C(=O)[C@@]2(C)[C@H]([C@H](OC(=O)c3ccccc3)[C@]3(O)C[C@H](OC(=O)[C@H](O)[C@@H](NC(=O)c4ccc(Cl)cc4)c4ccccc4)C(C)=C1C3(C)C)[C@]1(OC(C)=O)CO[C@@H]1C[C@@H]2O. The van der Waals surface area contributed by atoms with Gasteiger partial charge < -0.3 is 44.3 Å². The molecule has 4 N–H and O–H groups in total. The lowest BCUT2D eigenvalue weighted by Crippen LogP contribution is -2.82. The quantitative estimate of drug-likeness (QED) is 0.119. The van der Waals surface area contributed by atoms with E-state index in [1.54, 1.807) is 62.4 Å². The summed E-state index contributed by atoms with van der Waals surface area (Å²) in [5.41, 5.74) is -7.19. The first-order valence-corrected chi connectivity index (χ1v) is 21.0. The van der Waals surface area contributed by atoms with Crippen LogP contribution in [0.25, 0.3) is 0 Å². The van der Waals surface area contributed by atoms with Gasteiger partial charge in [-0.2, -0.15) is 0 Å². The summed E-state index contributed by atoms with van der Waals surface area (Å²) >= 11 is 6.03. The summed E-state index contributed by atoms with van der Waals surface area (Å²) in [4.78, 5) is 83.6. The number of halogens is 1. The fourth-order valence-electron chi connectivity index (χ4n) is 10.2. The highest BCUT2D eigenvalue weighted by molar-refractivity contribution is 6.30. The Morgan fingerprint density at radius 3 is 2.03 bits per heavy atom. The zero-order valence-electron chi connectivity index (χ0n) is 35.5. The lowest BCUT2D eigenvalue weighted by Gasteiger charge is -2.67. The van der Waals surface area contributed by atoms with Gasteiger partial charge in [-0.25, -0.2) is 9.59 Å². The van der Waals surface area contributed by atoms with E-state index in [2.05, 4.69) is 5.32 Å². The van der Waals surface area contributed by atoms with E-state index in [9.17, 15) is 39.3 Å². The van der Waals surface area contributed by atoms with Gasteiger partial charge in [0.05, 0.1) is 35.6 Å². The predicted molar refractivity (Wildman–Crippen MR) is 229 cm³/mol. The van der Waals surface area contributed by atoms with Crippen molar-refractivity contribution in [1.82, 2.24) is 5.32 Å². The maximum Gasteiger partial charge on any atom is 0.338 e. The number of aliphatic hydroxyl groups excluding tert-OH is 2. The molecule has 64 heavy (non-hydrogen) atoms. The van der Waals surface area contributed by atoms with Gasteiger partial charge in [0, 0.05) is 42.7 Å². The smallest absolute Gasteiger partial charge is 0.338 e. The van der Waals surface area contributed by atoms with Gasteiger partial charge >= 0.3 is 23.9 Å². The van der Waals surface area contributed by atoms with Crippen molar-refractivity contribution in [3.05, 3.63) is 118 Å². The first kappa shape index (κ1) is 48.0. The Hall–Kier alpha value is -5.45. The molecular formula is C48H54ClNO14. The lowest BCUT2D eigenvalue weighted by atomic mass is 9.44. The molecule has 1 saturated heterocycles. The molecule has 1 heterocycles. The van der Waals surface area contributed by atoms with Gasteiger partial charge in [-0.3, -0.25) is 19.2 Å². The fourth-order valence-corrected chi connectivity index (χ4v) is 10.3. The normalized spacial score (nSPS) is 31.1. The maximum absolute atomic E-state index is 15.5. The van der Waals surface area contributed by atoms with Gasteiger partial charge in [0.15, 0.2) is 23.6 Å². The summed E-state index contributed by atoms with van der Waals surface area (Å²) in [6.07, 6.45) is -10.6. The summed E-state index contributed by atoms with van der Waals surface area (Å²) in [7, 11) is 0. The number of esters is 4. The summed E-state index contributed by atoms with van der Waals surface area (Å²) in [6, 6.07) is 20.6. The Labute approximate surface area is 376 Å². The third-order valence-electron chi connectivity index (χ3n) is 13.6. The molecule has 7 rings (SSSR count). The number of Topliss-reactive ketones (excluding diaryl/α,β-unsaturated/α-hetero) is 1.